The average Bonchev–Trinajstić information content (AvgIpc) is 2.82. The van der Waals surface area contributed by atoms with Crippen molar-refractivity contribution >= 4 is 22.4 Å². The molecule has 0 saturated heterocycles. The van der Waals surface area contributed by atoms with Gasteiger partial charge in [0.25, 0.3) is 0 Å². The fourth-order valence-corrected chi connectivity index (χ4v) is 4.10. The Morgan fingerprint density at radius 1 is 0.839 bits per heavy atom. The van der Waals surface area contributed by atoms with E-state index in [1.54, 1.807) is 0 Å². The van der Waals surface area contributed by atoms with Crippen molar-refractivity contribution < 1.29 is 9.53 Å². The van der Waals surface area contributed by atoms with Gasteiger partial charge < -0.3 is 10.1 Å². The van der Waals surface area contributed by atoms with Crippen molar-refractivity contribution in [3.8, 4) is 5.75 Å². The quantitative estimate of drug-likeness (QED) is 0.429. The number of aromatic nitrogens is 1. The molecule has 154 valence electrons. The van der Waals surface area contributed by atoms with Crippen LogP contribution in [-0.4, -0.2) is 10.8 Å². The number of anilines is 1. The van der Waals surface area contributed by atoms with Crippen molar-refractivity contribution in [2.75, 3.05) is 5.32 Å². The largest absolute Gasteiger partial charge is 0.489 e. The smallest absolute Gasteiger partial charge is 0.166 e. The van der Waals surface area contributed by atoms with Gasteiger partial charge in [-0.3, -0.25) is 9.78 Å². The van der Waals surface area contributed by atoms with E-state index in [0.717, 1.165) is 57.6 Å². The highest BCUT2D eigenvalue weighted by atomic mass is 16.5. The Morgan fingerprint density at radius 3 is 2.45 bits per heavy atom. The monoisotopic (exact) mass is 408 g/mol. The van der Waals surface area contributed by atoms with Crippen molar-refractivity contribution in [3.63, 3.8) is 0 Å². The molecule has 1 heterocycles. The van der Waals surface area contributed by atoms with Crippen LogP contribution in [0.1, 0.15) is 40.0 Å². The van der Waals surface area contributed by atoms with Crippen LogP contribution < -0.4 is 10.1 Å². The zero-order valence-corrected chi connectivity index (χ0v) is 17.3. The second kappa shape index (κ2) is 8.60. The van der Waals surface area contributed by atoms with Crippen molar-refractivity contribution in [2.24, 2.45) is 0 Å². The molecule has 0 unspecified atom stereocenters. The van der Waals surface area contributed by atoms with Gasteiger partial charge in [-0.2, -0.15) is 0 Å². The molecule has 0 aliphatic heterocycles. The molecular weight excluding hydrogens is 384 g/mol. The molecule has 5 rings (SSSR count). The first-order valence-corrected chi connectivity index (χ1v) is 10.7. The van der Waals surface area contributed by atoms with Crippen LogP contribution in [0, 0.1) is 0 Å². The number of Topliss-reactive ketones (excluding diaryl/α,β-unsaturated/α-hetero) is 1. The molecule has 4 aromatic rings. The number of ketones is 1. The highest BCUT2D eigenvalue weighted by Gasteiger charge is 2.24. The lowest BCUT2D eigenvalue weighted by Gasteiger charge is -2.21. The number of nitrogens with zero attached hydrogens (tertiary/aromatic N) is 1. The summed E-state index contributed by atoms with van der Waals surface area (Å²) in [5.74, 6) is 1.03. The number of hydrogen-bond donors (Lipinski definition) is 1. The SMILES string of the molecule is O=C1CCCc2nc3ccccc3c(NCc3ccc(OCc4ccccc4)cc3)c21. The summed E-state index contributed by atoms with van der Waals surface area (Å²) in [6.45, 7) is 1.18. The van der Waals surface area contributed by atoms with Crippen LogP contribution >= 0.6 is 0 Å². The molecule has 1 aromatic heterocycles. The Labute approximate surface area is 181 Å². The Balaban J connectivity index is 1.34. The van der Waals surface area contributed by atoms with Gasteiger partial charge in [-0.1, -0.05) is 60.7 Å². The second-order valence-corrected chi connectivity index (χ2v) is 7.87. The minimum Gasteiger partial charge on any atom is -0.489 e. The summed E-state index contributed by atoms with van der Waals surface area (Å²) in [5, 5.41) is 4.54. The number of carbonyl (C=O) groups excluding carboxylic acids is 1. The minimum atomic E-state index is 0.187. The van der Waals surface area contributed by atoms with E-state index in [-0.39, 0.29) is 5.78 Å². The molecule has 3 aromatic carbocycles. The number of pyridine rings is 1. The molecule has 0 atom stereocenters. The van der Waals surface area contributed by atoms with Crippen LogP contribution in [0.4, 0.5) is 5.69 Å². The zero-order valence-electron chi connectivity index (χ0n) is 17.3. The first-order valence-electron chi connectivity index (χ1n) is 10.7. The fraction of sp³-hybridized carbons (Fsp3) is 0.185. The van der Waals surface area contributed by atoms with Gasteiger partial charge in [0.15, 0.2) is 5.78 Å². The van der Waals surface area contributed by atoms with E-state index in [4.69, 9.17) is 9.72 Å². The highest BCUT2D eigenvalue weighted by molar-refractivity contribution is 6.09. The van der Waals surface area contributed by atoms with Gasteiger partial charge in [-0.05, 0) is 42.2 Å². The first kappa shape index (κ1) is 19.3. The maximum atomic E-state index is 12.7. The van der Waals surface area contributed by atoms with Crippen molar-refractivity contribution in [1.29, 1.82) is 0 Å². The Hall–Kier alpha value is -3.66. The molecule has 0 saturated carbocycles. The summed E-state index contributed by atoms with van der Waals surface area (Å²) >= 11 is 0. The molecule has 31 heavy (non-hydrogen) atoms. The highest BCUT2D eigenvalue weighted by Crippen LogP contribution is 2.33. The van der Waals surface area contributed by atoms with Crippen molar-refractivity contribution in [3.05, 3.63) is 101 Å². The van der Waals surface area contributed by atoms with E-state index >= 15 is 0 Å². The standard InChI is InChI=1S/C27H24N2O2/c30-25-12-6-11-24-26(25)27(22-9-4-5-10-23(22)29-24)28-17-19-13-15-21(16-14-19)31-18-20-7-2-1-3-8-20/h1-5,7-10,13-16H,6,11-12,17-18H2,(H,28,29). The molecule has 1 aliphatic rings. The molecule has 4 nitrogen and oxygen atoms in total. The van der Waals surface area contributed by atoms with Crippen LogP contribution in [0.25, 0.3) is 10.9 Å². The van der Waals surface area contributed by atoms with E-state index in [1.807, 2.05) is 54.6 Å². The van der Waals surface area contributed by atoms with Crippen LogP contribution in [0.5, 0.6) is 5.75 Å². The topological polar surface area (TPSA) is 51.2 Å². The van der Waals surface area contributed by atoms with E-state index in [2.05, 4.69) is 29.6 Å². The first-order chi connectivity index (χ1) is 15.3. The van der Waals surface area contributed by atoms with Gasteiger partial charge >= 0.3 is 0 Å². The normalized spacial score (nSPS) is 13.1. The maximum Gasteiger partial charge on any atom is 0.166 e. The number of ether oxygens (including phenoxy) is 1. The zero-order chi connectivity index (χ0) is 21.0. The summed E-state index contributed by atoms with van der Waals surface area (Å²) in [6.07, 6.45) is 2.32. The summed E-state index contributed by atoms with van der Waals surface area (Å²) in [4.78, 5) is 17.5. The lowest BCUT2D eigenvalue weighted by molar-refractivity contribution is 0.0972. The van der Waals surface area contributed by atoms with Crippen LogP contribution in [0.15, 0.2) is 78.9 Å². The number of para-hydroxylation sites is 1. The Morgan fingerprint density at radius 2 is 1.61 bits per heavy atom. The van der Waals surface area contributed by atoms with E-state index in [1.165, 1.54) is 0 Å². The summed E-state index contributed by atoms with van der Waals surface area (Å²) < 4.78 is 5.88. The molecular formula is C27H24N2O2. The molecule has 0 bridgehead atoms. The molecule has 0 fully saturated rings. The van der Waals surface area contributed by atoms with Gasteiger partial charge in [-0.25, -0.2) is 0 Å². The van der Waals surface area contributed by atoms with Crippen molar-refractivity contribution in [2.45, 2.75) is 32.4 Å². The third-order valence-electron chi connectivity index (χ3n) is 5.70. The third-order valence-corrected chi connectivity index (χ3v) is 5.70. The van der Waals surface area contributed by atoms with E-state index < -0.39 is 0 Å². The predicted octanol–water partition coefficient (Wildman–Crippen LogP) is 5.94. The number of hydrogen-bond acceptors (Lipinski definition) is 4. The molecule has 1 aliphatic carbocycles. The lowest BCUT2D eigenvalue weighted by Crippen LogP contribution is -2.16. The molecule has 0 spiro atoms. The van der Waals surface area contributed by atoms with Gasteiger partial charge in [-0.15, -0.1) is 0 Å². The Bertz CT molecular complexity index is 1220. The molecule has 1 N–H and O–H groups in total. The number of aryl methyl sites for hydroxylation is 1. The van der Waals surface area contributed by atoms with Gasteiger partial charge in [0.1, 0.15) is 12.4 Å². The number of carbonyl (C=O) groups is 1. The number of nitrogens with one attached hydrogen (secondary N) is 1. The molecule has 0 radical (unpaired) electrons. The van der Waals surface area contributed by atoms with E-state index in [9.17, 15) is 4.79 Å². The Kier molecular flexibility index (Phi) is 5.36. The molecule has 0 amide bonds. The summed E-state index contributed by atoms with van der Waals surface area (Å²) in [7, 11) is 0. The number of benzene rings is 3. The lowest BCUT2D eigenvalue weighted by atomic mass is 9.91. The number of rotatable bonds is 6. The van der Waals surface area contributed by atoms with Gasteiger partial charge in [0.05, 0.1) is 22.5 Å². The third kappa shape index (κ3) is 4.15. The average molecular weight is 409 g/mol. The summed E-state index contributed by atoms with van der Waals surface area (Å²) in [5.41, 5.74) is 5.81. The van der Waals surface area contributed by atoms with Crippen molar-refractivity contribution in [1.82, 2.24) is 4.98 Å². The second-order valence-electron chi connectivity index (χ2n) is 7.87. The van der Waals surface area contributed by atoms with Crippen LogP contribution in [0.3, 0.4) is 0 Å². The maximum absolute atomic E-state index is 12.7. The number of fused-ring (bicyclic) bond motifs is 2. The van der Waals surface area contributed by atoms with Crippen LogP contribution in [-0.2, 0) is 19.6 Å². The predicted molar refractivity (Wildman–Crippen MR) is 124 cm³/mol. The minimum absolute atomic E-state index is 0.187. The summed E-state index contributed by atoms with van der Waals surface area (Å²) in [6, 6.07) is 26.3. The molecule has 4 heteroatoms. The fourth-order valence-electron chi connectivity index (χ4n) is 4.10. The van der Waals surface area contributed by atoms with Crippen LogP contribution in [0.2, 0.25) is 0 Å². The van der Waals surface area contributed by atoms with Gasteiger partial charge in [0, 0.05) is 18.4 Å². The van der Waals surface area contributed by atoms with E-state index in [0.29, 0.717) is 19.6 Å². The van der Waals surface area contributed by atoms with Gasteiger partial charge in [0.2, 0.25) is 0 Å².